The molecule has 0 aliphatic rings. The minimum absolute atomic E-state index is 0.0928. The number of rotatable bonds is 4. The number of hydrogen-bond donors (Lipinski definition) is 1. The third-order valence-electron chi connectivity index (χ3n) is 2.53. The van der Waals surface area contributed by atoms with Crippen LogP contribution in [0, 0.1) is 0 Å². The van der Waals surface area contributed by atoms with Crippen molar-refractivity contribution in [2.24, 2.45) is 0 Å². The first-order chi connectivity index (χ1) is 9.86. The number of nitrogens with zero attached hydrogens (tertiary/aromatic N) is 4. The predicted molar refractivity (Wildman–Crippen MR) is 62.7 cm³/mol. The van der Waals surface area contributed by atoms with Gasteiger partial charge in [-0.15, -0.1) is 0 Å². The molecule has 0 saturated carbocycles. The van der Waals surface area contributed by atoms with Crippen LogP contribution in [0.4, 0.5) is 13.2 Å². The van der Waals surface area contributed by atoms with Gasteiger partial charge in [0.15, 0.2) is 12.7 Å². The first kappa shape index (κ1) is 14.8. The molecule has 0 atom stereocenters. The van der Waals surface area contributed by atoms with Crippen LogP contribution in [0.1, 0.15) is 12.2 Å². The van der Waals surface area contributed by atoms with E-state index in [9.17, 15) is 18.0 Å². The molecule has 0 spiro atoms. The average molecular weight is 299 g/mol. The molecule has 0 bridgehead atoms. The van der Waals surface area contributed by atoms with E-state index < -0.39 is 18.0 Å². The third-order valence-corrected chi connectivity index (χ3v) is 2.53. The van der Waals surface area contributed by atoms with Gasteiger partial charge in [0.25, 0.3) is 0 Å². The number of aliphatic carboxylic acids is 1. The van der Waals surface area contributed by atoms with E-state index in [2.05, 4.69) is 15.1 Å². The van der Waals surface area contributed by atoms with E-state index in [1.807, 2.05) is 0 Å². The van der Waals surface area contributed by atoms with E-state index in [4.69, 9.17) is 5.11 Å². The molecule has 21 heavy (non-hydrogen) atoms. The molecule has 0 aliphatic heterocycles. The normalized spacial score (nSPS) is 11.4. The Kier molecular flexibility index (Phi) is 4.10. The van der Waals surface area contributed by atoms with Crippen LogP contribution in [-0.4, -0.2) is 26.1 Å². The fourth-order valence-electron chi connectivity index (χ4n) is 1.53. The smallest absolute Gasteiger partial charge is 0.451 e. The maximum Gasteiger partial charge on any atom is 0.451 e. The topological polar surface area (TPSA) is 79.9 Å². The van der Waals surface area contributed by atoms with Gasteiger partial charge in [-0.25, -0.2) is 9.97 Å². The summed E-state index contributed by atoms with van der Waals surface area (Å²) in [6, 6.07) is 2.85. The van der Waals surface area contributed by atoms with Gasteiger partial charge >= 0.3 is 12.1 Å². The summed E-state index contributed by atoms with van der Waals surface area (Å²) in [4.78, 5) is 17.0. The summed E-state index contributed by atoms with van der Waals surface area (Å²) in [5, 5.41) is 12.5. The molecule has 6 nitrogen and oxygen atoms in total. The minimum Gasteiger partial charge on any atom is -0.481 e. The number of carbonyl (C=O) groups is 1. The van der Waals surface area contributed by atoms with Crippen LogP contribution in [0.2, 0.25) is 0 Å². The van der Waals surface area contributed by atoms with Crippen molar-refractivity contribution in [2.45, 2.75) is 19.1 Å². The summed E-state index contributed by atoms with van der Waals surface area (Å²) >= 11 is 0. The Morgan fingerprint density at radius 1 is 1.33 bits per heavy atom. The van der Waals surface area contributed by atoms with E-state index in [0.717, 1.165) is 6.20 Å². The molecule has 1 N–H and O–H groups in total. The van der Waals surface area contributed by atoms with Gasteiger partial charge in [0.2, 0.25) is 5.82 Å². The fourth-order valence-corrected chi connectivity index (χ4v) is 1.53. The standard InChI is InChI=1S/C12H9F3N4O2/c13-12(14,15)11-16-4-1-9(18-11)8-2-5-19(17-7-8)6-3-10(20)21/h1-2,4-5,7H,3,6H2/p+1. The van der Waals surface area contributed by atoms with Crippen LogP contribution in [-0.2, 0) is 17.5 Å². The van der Waals surface area contributed by atoms with E-state index in [0.29, 0.717) is 5.56 Å². The molecule has 0 aromatic carbocycles. The molecule has 2 heterocycles. The SMILES string of the molecule is O=C(O)CC[n+]1ccc(-c2ccnc(C(F)(F)F)n2)cn1. The number of aryl methyl sites for hydroxylation is 1. The van der Waals surface area contributed by atoms with Gasteiger partial charge in [0.05, 0.1) is 5.69 Å². The van der Waals surface area contributed by atoms with Crippen molar-refractivity contribution in [3.63, 3.8) is 0 Å². The summed E-state index contributed by atoms with van der Waals surface area (Å²) in [7, 11) is 0. The molecule has 0 aliphatic carbocycles. The molecule has 2 rings (SSSR count). The number of carboxylic acid groups (broad SMARTS) is 1. The van der Waals surface area contributed by atoms with E-state index in [1.165, 1.54) is 29.2 Å². The lowest BCUT2D eigenvalue weighted by Crippen LogP contribution is -2.38. The number of carboxylic acids is 1. The second-order valence-corrected chi connectivity index (χ2v) is 4.09. The Balaban J connectivity index is 2.21. The van der Waals surface area contributed by atoms with Crippen LogP contribution in [0.15, 0.2) is 30.7 Å². The molecule has 0 unspecified atom stereocenters. The fraction of sp³-hybridized carbons (Fsp3) is 0.250. The van der Waals surface area contributed by atoms with Gasteiger partial charge in [0.1, 0.15) is 12.6 Å². The van der Waals surface area contributed by atoms with E-state index in [1.54, 1.807) is 0 Å². The highest BCUT2D eigenvalue weighted by Crippen LogP contribution is 2.27. The van der Waals surface area contributed by atoms with E-state index >= 15 is 0 Å². The van der Waals surface area contributed by atoms with Gasteiger partial charge in [-0.2, -0.15) is 13.2 Å². The van der Waals surface area contributed by atoms with Crippen molar-refractivity contribution in [1.82, 2.24) is 15.1 Å². The zero-order chi connectivity index (χ0) is 15.5. The monoisotopic (exact) mass is 299 g/mol. The summed E-state index contributed by atoms with van der Waals surface area (Å²) in [6.45, 7) is 0.174. The highest BCUT2D eigenvalue weighted by atomic mass is 19.4. The molecule has 0 fully saturated rings. The van der Waals surface area contributed by atoms with Crippen LogP contribution < -0.4 is 4.68 Å². The quantitative estimate of drug-likeness (QED) is 0.861. The Bertz CT molecular complexity index is 644. The Hall–Kier alpha value is -2.58. The Labute approximate surface area is 116 Å². The summed E-state index contributed by atoms with van der Waals surface area (Å²) in [6.07, 6.45) is -0.878. The highest BCUT2D eigenvalue weighted by molar-refractivity contribution is 5.66. The van der Waals surface area contributed by atoms with Crippen molar-refractivity contribution in [1.29, 1.82) is 0 Å². The maximum atomic E-state index is 12.5. The molecule has 9 heteroatoms. The second kappa shape index (κ2) is 5.81. The predicted octanol–water partition coefficient (Wildman–Crippen LogP) is 1.32. The van der Waals surface area contributed by atoms with Crippen molar-refractivity contribution in [3.05, 3.63) is 36.5 Å². The van der Waals surface area contributed by atoms with Crippen molar-refractivity contribution in [3.8, 4) is 11.3 Å². The Morgan fingerprint density at radius 3 is 2.67 bits per heavy atom. The summed E-state index contributed by atoms with van der Waals surface area (Å²) in [5.41, 5.74) is 0.477. The third kappa shape index (κ3) is 3.94. The number of halogens is 3. The minimum atomic E-state index is -4.61. The molecule has 2 aromatic heterocycles. The average Bonchev–Trinajstić information content (AvgIpc) is 2.45. The number of alkyl halides is 3. The zero-order valence-corrected chi connectivity index (χ0v) is 10.6. The van der Waals surface area contributed by atoms with Crippen LogP contribution in [0.5, 0.6) is 0 Å². The lowest BCUT2D eigenvalue weighted by molar-refractivity contribution is -0.752. The highest BCUT2D eigenvalue weighted by Gasteiger charge is 2.34. The van der Waals surface area contributed by atoms with Crippen molar-refractivity contribution in [2.75, 3.05) is 0 Å². The lowest BCUT2D eigenvalue weighted by atomic mass is 10.2. The van der Waals surface area contributed by atoms with Crippen LogP contribution >= 0.6 is 0 Å². The van der Waals surface area contributed by atoms with Gasteiger partial charge in [-0.1, -0.05) is 4.68 Å². The summed E-state index contributed by atoms with van der Waals surface area (Å²) < 4.78 is 38.9. The molecule has 110 valence electrons. The zero-order valence-electron chi connectivity index (χ0n) is 10.6. The van der Waals surface area contributed by atoms with Crippen LogP contribution in [0.25, 0.3) is 11.3 Å². The van der Waals surface area contributed by atoms with Gasteiger partial charge < -0.3 is 5.11 Å². The molecule has 0 radical (unpaired) electrons. The van der Waals surface area contributed by atoms with E-state index in [-0.39, 0.29) is 18.7 Å². The number of hydrogen-bond acceptors (Lipinski definition) is 4. The van der Waals surface area contributed by atoms with Crippen LogP contribution in [0.3, 0.4) is 0 Å². The largest absolute Gasteiger partial charge is 0.481 e. The van der Waals surface area contributed by atoms with Gasteiger partial charge in [-0.05, 0) is 11.2 Å². The molecular formula is C12H10F3N4O2+. The molecular weight excluding hydrogens is 289 g/mol. The maximum absolute atomic E-state index is 12.5. The van der Waals surface area contributed by atoms with Gasteiger partial charge in [0, 0.05) is 17.8 Å². The second-order valence-electron chi connectivity index (χ2n) is 4.09. The van der Waals surface area contributed by atoms with Gasteiger partial charge in [-0.3, -0.25) is 4.79 Å². The van der Waals surface area contributed by atoms with Crippen molar-refractivity contribution >= 4 is 5.97 Å². The Morgan fingerprint density at radius 2 is 2.10 bits per heavy atom. The first-order valence-corrected chi connectivity index (χ1v) is 5.84. The summed E-state index contributed by atoms with van der Waals surface area (Å²) in [5.74, 6) is -2.18. The molecule has 0 amide bonds. The molecule has 2 aromatic rings. The lowest BCUT2D eigenvalue weighted by Gasteiger charge is -2.05. The molecule has 0 saturated heterocycles. The first-order valence-electron chi connectivity index (χ1n) is 5.84. The van der Waals surface area contributed by atoms with Crippen molar-refractivity contribution < 1.29 is 27.8 Å². The number of aromatic nitrogens is 4.